The minimum Gasteiger partial charge on any atom is -0.366 e. The maximum Gasteiger partial charge on any atom is 0.248 e. The minimum atomic E-state index is -0.519. The van der Waals surface area contributed by atoms with Crippen LogP contribution in [0.2, 0.25) is 11.7 Å². The first-order chi connectivity index (χ1) is 7.61. The van der Waals surface area contributed by atoms with Gasteiger partial charge >= 0.3 is 0 Å². The number of halogens is 2. The molecule has 2 aromatic rings. The van der Waals surface area contributed by atoms with Crippen molar-refractivity contribution in [1.82, 2.24) is 9.97 Å². The van der Waals surface area contributed by atoms with Gasteiger partial charge in [-0.1, -0.05) is 23.2 Å². The summed E-state index contributed by atoms with van der Waals surface area (Å²) in [5, 5.41) is 0.199. The van der Waals surface area contributed by atoms with Gasteiger partial charge in [0.2, 0.25) is 5.91 Å². The topological polar surface area (TPSA) is 68.9 Å². The van der Waals surface area contributed by atoms with E-state index in [0.29, 0.717) is 16.6 Å². The Morgan fingerprint density at radius 3 is 2.60 bits per heavy atom. The van der Waals surface area contributed by atoms with Crippen molar-refractivity contribution in [1.29, 1.82) is 0 Å². The van der Waals surface area contributed by atoms with Crippen LogP contribution in [0.25, 0.3) is 11.0 Å². The molecule has 15 heavy (non-hydrogen) atoms. The van der Waals surface area contributed by atoms with E-state index in [1.165, 1.54) is 12.1 Å². The van der Waals surface area contributed by atoms with Gasteiger partial charge in [-0.2, -0.15) is 0 Å². The molecule has 1 amide bonds. The van der Waals surface area contributed by atoms with Gasteiger partial charge in [-0.25, -0.2) is 9.97 Å². The first kappa shape index (κ1) is 8.88. The van der Waals surface area contributed by atoms with Gasteiger partial charge in [0.15, 0.2) is 11.7 Å². The van der Waals surface area contributed by atoms with Crippen molar-refractivity contribution in [3.63, 3.8) is 0 Å². The second-order valence-corrected chi connectivity index (χ2v) is 3.55. The van der Waals surface area contributed by atoms with E-state index in [2.05, 4.69) is 9.97 Å². The second kappa shape index (κ2) is 3.64. The fraction of sp³-hybridized carbons (Fsp3) is 0. The molecule has 0 bridgehead atoms. The molecule has 0 fully saturated rings. The fourth-order valence-corrected chi connectivity index (χ4v) is 1.42. The fourth-order valence-electron chi connectivity index (χ4n) is 1.15. The van der Waals surface area contributed by atoms with Crippen LogP contribution in [0.4, 0.5) is 0 Å². The van der Waals surface area contributed by atoms with E-state index in [4.69, 9.17) is 24.6 Å². The number of benzene rings is 1. The summed E-state index contributed by atoms with van der Waals surface area (Å²) in [6.07, 6.45) is 0. The lowest BCUT2D eigenvalue weighted by Crippen LogP contribution is -2.10. The number of nitrogens with zero attached hydrogens (tertiary/aromatic N) is 2. The molecular weight excluding hydrogens is 237 g/mol. The van der Waals surface area contributed by atoms with Crippen LogP contribution in [-0.2, 0) is 0 Å². The van der Waals surface area contributed by atoms with Crippen molar-refractivity contribution in [2.75, 3.05) is 0 Å². The van der Waals surface area contributed by atoms with Crippen LogP contribution in [0.15, 0.2) is 18.2 Å². The number of nitrogens with two attached hydrogens (primary N) is 1. The number of aromatic nitrogens is 2. The van der Waals surface area contributed by atoms with Gasteiger partial charge < -0.3 is 5.73 Å². The number of carbonyl (C=O) groups is 1. The van der Waals surface area contributed by atoms with Crippen molar-refractivity contribution in [3.05, 3.63) is 34.1 Å². The van der Waals surface area contributed by atoms with Gasteiger partial charge in [-0.15, -0.1) is 0 Å². The molecule has 0 aliphatic carbocycles. The summed E-state index contributed by atoms with van der Waals surface area (Å²) in [6, 6.07) is 4.62. The summed E-state index contributed by atoms with van der Waals surface area (Å²) in [5.74, 6) is -0.519. The molecule has 6 heteroatoms. The van der Waals surface area contributed by atoms with Crippen LogP contribution >= 0.6 is 23.2 Å². The minimum absolute atomic E-state index is 0.0811. The Kier molecular flexibility index (Phi) is 2.16. The number of hydrogen-bond acceptors (Lipinski definition) is 3. The summed E-state index contributed by atoms with van der Waals surface area (Å²) in [4.78, 5) is 19.2. The van der Waals surface area contributed by atoms with Crippen molar-refractivity contribution in [3.8, 4) is 0 Å². The Labute approximate surface area is 96.5 Å². The molecule has 1 heterocycles. The molecule has 0 aliphatic rings. The lowest BCUT2D eigenvalue weighted by Gasteiger charge is -2.00. The van der Waals surface area contributed by atoms with E-state index in [9.17, 15) is 4.79 Å². The number of primary amides is 1. The number of amides is 1. The molecule has 76 valence electrons. The molecule has 0 spiro atoms. The van der Waals surface area contributed by atoms with Gasteiger partial charge in [-0.05, 0) is 18.2 Å². The van der Waals surface area contributed by atoms with Gasteiger partial charge in [0.25, 0.3) is 0 Å². The van der Waals surface area contributed by atoms with Crippen LogP contribution < -0.4 is 5.73 Å². The van der Waals surface area contributed by atoms with E-state index in [1.54, 1.807) is 11.8 Å². The summed E-state index contributed by atoms with van der Waals surface area (Å²) in [5.41, 5.74) is 3.08. The number of fused-ring (bicyclic) bond motifs is 1. The van der Waals surface area contributed by atoms with Crippen molar-refractivity contribution in [2.45, 2.75) is 0 Å². The number of hydrogen-bond donors (Lipinski definition) is 1. The first-order valence-corrected chi connectivity index (χ1v) is 4.72. The molecule has 1 aromatic heterocycles. The van der Waals surface area contributed by atoms with Gasteiger partial charge in [-0.3, -0.25) is 4.79 Å². The van der Waals surface area contributed by atoms with E-state index in [0.717, 1.165) is 0 Å². The normalized spacial score (nSPS) is 11.2. The SMILES string of the molecule is [2H]NC(=O)c1ccc2nc(Cl)c(Cl)nc2c1. The molecule has 1 aromatic carbocycles. The molecule has 0 radical (unpaired) electrons. The standard InChI is InChI=1S/C9H5Cl2N3O/c10-7-8(11)14-6-3-4(9(12)15)1-2-5(6)13-7/h1-3H,(H2,12,15)/i/hD. The summed E-state index contributed by atoms with van der Waals surface area (Å²) >= 11 is 11.4. The summed E-state index contributed by atoms with van der Waals surface area (Å²) in [6.45, 7) is 0. The molecule has 0 aliphatic heterocycles. The Hall–Kier alpha value is -1.39. The lowest BCUT2D eigenvalue weighted by atomic mass is 10.2. The van der Waals surface area contributed by atoms with E-state index in [1.807, 2.05) is 0 Å². The van der Waals surface area contributed by atoms with Crippen molar-refractivity contribution >= 4 is 40.1 Å². The second-order valence-electron chi connectivity index (χ2n) is 2.84. The van der Waals surface area contributed by atoms with E-state index < -0.39 is 5.91 Å². The van der Waals surface area contributed by atoms with E-state index in [-0.39, 0.29) is 10.3 Å². The molecular formula is C9H5Cl2N3O. The highest BCUT2D eigenvalue weighted by molar-refractivity contribution is 6.40. The van der Waals surface area contributed by atoms with Crippen LogP contribution in [-0.4, -0.2) is 15.9 Å². The average molecular weight is 243 g/mol. The molecule has 0 unspecified atom stereocenters. The Balaban J connectivity index is 2.62. The molecule has 2 N–H and O–H groups in total. The maximum absolute atomic E-state index is 11.2. The highest BCUT2D eigenvalue weighted by Crippen LogP contribution is 2.21. The first-order valence-electron chi connectivity index (χ1n) is 4.46. The highest BCUT2D eigenvalue weighted by Gasteiger charge is 2.07. The summed E-state index contributed by atoms with van der Waals surface area (Å²) < 4.78 is 6.75. The van der Waals surface area contributed by atoms with Crippen molar-refractivity contribution in [2.24, 2.45) is 5.73 Å². The zero-order valence-electron chi connectivity index (χ0n) is 8.29. The van der Waals surface area contributed by atoms with E-state index >= 15 is 0 Å². The summed E-state index contributed by atoms with van der Waals surface area (Å²) in [7, 11) is 0. The van der Waals surface area contributed by atoms with Crippen LogP contribution in [0, 0.1) is 0 Å². The number of carbonyl (C=O) groups excluding carboxylic acids is 1. The molecule has 4 nitrogen and oxygen atoms in total. The van der Waals surface area contributed by atoms with Gasteiger partial charge in [0.05, 0.1) is 11.0 Å². The zero-order valence-corrected chi connectivity index (χ0v) is 8.80. The third-order valence-corrected chi connectivity index (χ3v) is 2.47. The average Bonchev–Trinajstić information content (AvgIpc) is 2.29. The zero-order chi connectivity index (χ0) is 11.7. The monoisotopic (exact) mass is 242 g/mol. The third kappa shape index (κ3) is 1.86. The molecule has 2 rings (SSSR count). The third-order valence-electron chi connectivity index (χ3n) is 1.85. The van der Waals surface area contributed by atoms with Crippen LogP contribution in [0.1, 0.15) is 10.4 Å². The largest absolute Gasteiger partial charge is 0.366 e. The van der Waals surface area contributed by atoms with Crippen LogP contribution in [0.5, 0.6) is 0 Å². The lowest BCUT2D eigenvalue weighted by molar-refractivity contribution is 0.100. The van der Waals surface area contributed by atoms with Crippen molar-refractivity contribution < 1.29 is 6.21 Å². The van der Waals surface area contributed by atoms with Gasteiger partial charge in [0, 0.05) is 5.56 Å². The maximum atomic E-state index is 11.2. The molecule has 0 atom stereocenters. The highest BCUT2D eigenvalue weighted by atomic mass is 35.5. The Morgan fingerprint density at radius 1 is 1.27 bits per heavy atom. The Bertz CT molecular complexity index is 576. The molecule has 0 saturated heterocycles. The quantitative estimate of drug-likeness (QED) is 0.833. The predicted molar refractivity (Wildman–Crippen MR) is 58.1 cm³/mol. The molecule has 0 saturated carbocycles. The Morgan fingerprint density at radius 2 is 1.93 bits per heavy atom. The van der Waals surface area contributed by atoms with Crippen LogP contribution in [0.3, 0.4) is 0 Å². The number of rotatable bonds is 1. The van der Waals surface area contributed by atoms with Gasteiger partial charge in [0.1, 0.15) is 0 Å². The predicted octanol–water partition coefficient (Wildman–Crippen LogP) is 2.04. The smallest absolute Gasteiger partial charge is 0.248 e.